The Kier molecular flexibility index (Phi) is 7.74. The Hall–Kier alpha value is -3.79. The molecular formula is C32H34F4N4O2. The number of aromatic nitrogens is 2. The highest BCUT2D eigenvalue weighted by atomic mass is 19.4. The molecule has 6 rings (SSSR count). The number of benzene rings is 3. The van der Waals surface area contributed by atoms with E-state index >= 15 is 4.39 Å². The zero-order chi connectivity index (χ0) is 29.4. The van der Waals surface area contributed by atoms with Crippen molar-refractivity contribution in [2.45, 2.75) is 51.0 Å². The molecule has 0 saturated carbocycles. The maximum atomic E-state index is 15.4. The molecule has 222 valence electrons. The van der Waals surface area contributed by atoms with E-state index in [2.05, 4.69) is 4.90 Å². The van der Waals surface area contributed by atoms with E-state index in [1.165, 1.54) is 42.4 Å². The second-order valence-corrected chi connectivity index (χ2v) is 11.2. The minimum atomic E-state index is -4.56. The van der Waals surface area contributed by atoms with E-state index in [0.717, 1.165) is 37.6 Å². The number of alkyl halides is 3. The van der Waals surface area contributed by atoms with E-state index < -0.39 is 17.4 Å². The number of hydrogen-bond acceptors (Lipinski definition) is 4. The first-order valence-electron chi connectivity index (χ1n) is 14.4. The summed E-state index contributed by atoms with van der Waals surface area (Å²) in [5, 5.41) is 0. The van der Waals surface area contributed by atoms with Crippen LogP contribution in [0, 0.1) is 5.82 Å². The lowest BCUT2D eigenvalue weighted by Gasteiger charge is -2.29. The Labute approximate surface area is 241 Å². The van der Waals surface area contributed by atoms with E-state index in [1.54, 1.807) is 28.8 Å². The minimum Gasteiger partial charge on any atom is -0.494 e. The Balaban J connectivity index is 1.37. The number of halogens is 4. The molecule has 2 aliphatic rings. The summed E-state index contributed by atoms with van der Waals surface area (Å²) < 4.78 is 65.4. The Bertz CT molecular complexity index is 1640. The summed E-state index contributed by atoms with van der Waals surface area (Å²) in [4.78, 5) is 18.4. The van der Waals surface area contributed by atoms with Gasteiger partial charge >= 0.3 is 11.9 Å². The van der Waals surface area contributed by atoms with Crippen LogP contribution in [-0.2, 0) is 19.3 Å². The normalized spacial score (nSPS) is 18.2. The molecule has 1 unspecified atom stereocenters. The largest absolute Gasteiger partial charge is 0.494 e. The Morgan fingerprint density at radius 2 is 1.62 bits per heavy atom. The number of anilines is 1. The molecule has 2 aliphatic heterocycles. The molecule has 3 heterocycles. The van der Waals surface area contributed by atoms with Gasteiger partial charge < -0.3 is 9.64 Å². The topological polar surface area (TPSA) is 42.6 Å². The van der Waals surface area contributed by atoms with Crippen molar-refractivity contribution < 1.29 is 22.3 Å². The molecule has 1 atom stereocenters. The fraction of sp³-hybridized carbons (Fsp3) is 0.406. The molecule has 3 aromatic carbocycles. The van der Waals surface area contributed by atoms with Crippen LogP contribution in [0.5, 0.6) is 5.75 Å². The number of methoxy groups -OCH3 is 1. The number of piperidine rings is 1. The first-order chi connectivity index (χ1) is 20.3. The average Bonchev–Trinajstić information content (AvgIpc) is 3.55. The molecule has 0 spiro atoms. The summed E-state index contributed by atoms with van der Waals surface area (Å²) in [7, 11) is 1.48. The predicted molar refractivity (Wildman–Crippen MR) is 155 cm³/mol. The zero-order valence-corrected chi connectivity index (χ0v) is 23.5. The minimum absolute atomic E-state index is 0.00110. The molecule has 6 nitrogen and oxygen atoms in total. The molecule has 0 N–H and O–H groups in total. The lowest BCUT2D eigenvalue weighted by Crippen LogP contribution is -2.32. The first kappa shape index (κ1) is 28.3. The van der Waals surface area contributed by atoms with Crippen molar-refractivity contribution in [3.8, 4) is 5.75 Å². The van der Waals surface area contributed by atoms with Crippen molar-refractivity contribution in [1.29, 1.82) is 0 Å². The number of likely N-dealkylation sites (tertiary alicyclic amines) is 1. The van der Waals surface area contributed by atoms with Gasteiger partial charge in [0.25, 0.3) is 0 Å². The number of rotatable bonds is 7. The highest BCUT2D eigenvalue weighted by Crippen LogP contribution is 2.36. The summed E-state index contributed by atoms with van der Waals surface area (Å²) >= 11 is 0. The number of para-hydroxylation sites is 2. The molecular weight excluding hydrogens is 548 g/mol. The molecule has 2 fully saturated rings. The maximum Gasteiger partial charge on any atom is 0.416 e. The number of hydrogen-bond donors (Lipinski definition) is 0. The van der Waals surface area contributed by atoms with Gasteiger partial charge in [0, 0.05) is 19.6 Å². The van der Waals surface area contributed by atoms with Gasteiger partial charge in [-0.3, -0.25) is 14.0 Å². The molecule has 0 bridgehead atoms. The molecule has 2 saturated heterocycles. The van der Waals surface area contributed by atoms with E-state index in [9.17, 15) is 18.0 Å². The third kappa shape index (κ3) is 5.28. The number of fused-ring (bicyclic) bond motifs is 1. The average molecular weight is 583 g/mol. The van der Waals surface area contributed by atoms with Crippen molar-refractivity contribution in [2.24, 2.45) is 0 Å². The Morgan fingerprint density at radius 1 is 0.881 bits per heavy atom. The summed E-state index contributed by atoms with van der Waals surface area (Å²) in [5.74, 6) is 0.117. The van der Waals surface area contributed by atoms with E-state index in [-0.39, 0.29) is 24.0 Å². The van der Waals surface area contributed by atoms with Crippen LogP contribution in [0.15, 0.2) is 65.5 Å². The van der Waals surface area contributed by atoms with Crippen molar-refractivity contribution in [3.63, 3.8) is 0 Å². The van der Waals surface area contributed by atoms with Gasteiger partial charge in [-0.25, -0.2) is 9.18 Å². The number of ether oxygens (including phenoxy) is 1. The highest BCUT2D eigenvalue weighted by Gasteiger charge is 2.35. The zero-order valence-electron chi connectivity index (χ0n) is 23.5. The highest BCUT2D eigenvalue weighted by molar-refractivity contribution is 5.83. The van der Waals surface area contributed by atoms with Crippen LogP contribution in [0.3, 0.4) is 0 Å². The van der Waals surface area contributed by atoms with Gasteiger partial charge in [0.05, 0.1) is 36.5 Å². The fourth-order valence-corrected chi connectivity index (χ4v) is 6.63. The van der Waals surface area contributed by atoms with Gasteiger partial charge in [0.1, 0.15) is 17.1 Å². The van der Waals surface area contributed by atoms with Crippen molar-refractivity contribution in [2.75, 3.05) is 38.2 Å². The van der Waals surface area contributed by atoms with Crippen LogP contribution in [0.4, 0.5) is 23.2 Å². The van der Waals surface area contributed by atoms with Gasteiger partial charge in [0.2, 0.25) is 0 Å². The molecule has 0 radical (unpaired) electrons. The van der Waals surface area contributed by atoms with Gasteiger partial charge in [-0.1, -0.05) is 42.8 Å². The molecule has 4 aromatic rings. The summed E-state index contributed by atoms with van der Waals surface area (Å²) in [6, 6.07) is 15.5. The number of nitrogens with zero attached hydrogens (tertiary/aromatic N) is 4. The molecule has 0 aliphatic carbocycles. The van der Waals surface area contributed by atoms with Crippen LogP contribution < -0.4 is 15.3 Å². The summed E-state index contributed by atoms with van der Waals surface area (Å²) in [5.41, 5.74) is 1.33. The third-order valence-corrected chi connectivity index (χ3v) is 8.57. The lowest BCUT2D eigenvalue weighted by atomic mass is 10.1. The van der Waals surface area contributed by atoms with Gasteiger partial charge in [0.15, 0.2) is 0 Å². The monoisotopic (exact) mass is 582 g/mol. The van der Waals surface area contributed by atoms with Crippen LogP contribution >= 0.6 is 0 Å². The first-order valence-corrected chi connectivity index (χ1v) is 14.4. The predicted octanol–water partition coefficient (Wildman–Crippen LogP) is 6.46. The maximum absolute atomic E-state index is 15.4. The SMILES string of the molecule is COc1cccc2c1n(Cc1ccccc1C(F)(F)F)c(=O)n2C1CCN(c2c(F)cccc2CN2CCCCC2)C1. The van der Waals surface area contributed by atoms with Gasteiger partial charge in [-0.05, 0) is 67.7 Å². The smallest absolute Gasteiger partial charge is 0.416 e. The van der Waals surface area contributed by atoms with Gasteiger partial charge in [-0.15, -0.1) is 0 Å². The number of imidazole rings is 1. The molecule has 42 heavy (non-hydrogen) atoms. The van der Waals surface area contributed by atoms with Crippen LogP contribution in [0.25, 0.3) is 11.0 Å². The lowest BCUT2D eigenvalue weighted by molar-refractivity contribution is -0.138. The summed E-state index contributed by atoms with van der Waals surface area (Å²) in [6.45, 7) is 3.35. The fourth-order valence-electron chi connectivity index (χ4n) is 6.63. The second-order valence-electron chi connectivity index (χ2n) is 11.2. The van der Waals surface area contributed by atoms with E-state index in [1.807, 2.05) is 11.0 Å². The van der Waals surface area contributed by atoms with Crippen LogP contribution in [0.1, 0.15) is 48.4 Å². The second kappa shape index (κ2) is 11.5. The molecule has 10 heteroatoms. The third-order valence-electron chi connectivity index (χ3n) is 8.57. The van der Waals surface area contributed by atoms with Gasteiger partial charge in [-0.2, -0.15) is 13.2 Å². The van der Waals surface area contributed by atoms with E-state index in [4.69, 9.17) is 4.74 Å². The van der Waals surface area contributed by atoms with Crippen LogP contribution in [-0.4, -0.2) is 47.3 Å². The summed E-state index contributed by atoms with van der Waals surface area (Å²) in [6.07, 6.45) is -0.469. The molecule has 1 aromatic heterocycles. The van der Waals surface area contributed by atoms with E-state index in [0.29, 0.717) is 48.5 Å². The quantitative estimate of drug-likeness (QED) is 0.235. The van der Waals surface area contributed by atoms with Crippen LogP contribution in [0.2, 0.25) is 0 Å². The van der Waals surface area contributed by atoms with Crippen molar-refractivity contribution in [3.05, 3.63) is 93.7 Å². The van der Waals surface area contributed by atoms with Crippen molar-refractivity contribution in [1.82, 2.24) is 14.0 Å². The standard InChI is InChI=1S/C32H34F4N4O2/c1-42-28-14-8-13-27-30(28)39(20-22-9-3-4-11-25(22)32(34,35)36)31(41)40(27)24-15-18-38(21-24)29-23(10-7-12-26(29)33)19-37-16-5-2-6-17-37/h3-4,7-14,24H,2,5-6,15-21H2,1H3. The molecule has 0 amide bonds. The van der Waals surface area contributed by atoms with Crippen molar-refractivity contribution >= 4 is 16.7 Å². The Morgan fingerprint density at radius 3 is 2.38 bits per heavy atom.